The van der Waals surface area contributed by atoms with Gasteiger partial charge in [-0.15, -0.1) is 0 Å². The molecule has 0 aromatic heterocycles. The van der Waals surface area contributed by atoms with Gasteiger partial charge in [-0.1, -0.05) is 36.4 Å². The van der Waals surface area contributed by atoms with Gasteiger partial charge in [-0.3, -0.25) is 19.2 Å². The van der Waals surface area contributed by atoms with E-state index in [2.05, 4.69) is 0 Å². The summed E-state index contributed by atoms with van der Waals surface area (Å²) in [4.78, 5) is 55.6. The smallest absolute Gasteiger partial charge is 0.266 e. The van der Waals surface area contributed by atoms with E-state index in [1.807, 2.05) is 60.7 Å². The van der Waals surface area contributed by atoms with E-state index in [-0.39, 0.29) is 33.8 Å². The number of nitrogens with zero attached hydrogens (tertiary/aromatic N) is 2. The van der Waals surface area contributed by atoms with Crippen LogP contribution in [-0.4, -0.2) is 23.6 Å². The van der Waals surface area contributed by atoms with E-state index in [9.17, 15) is 19.2 Å². The van der Waals surface area contributed by atoms with Crippen LogP contribution in [0.3, 0.4) is 0 Å². The van der Waals surface area contributed by atoms with Crippen molar-refractivity contribution in [3.8, 4) is 34.5 Å². The number of carbonyl (C=O) groups excluding carboxylic acids is 4. The van der Waals surface area contributed by atoms with Gasteiger partial charge in [-0.05, 0) is 109 Å². The van der Waals surface area contributed by atoms with Crippen molar-refractivity contribution in [1.29, 1.82) is 0 Å². The van der Waals surface area contributed by atoms with Gasteiger partial charge in [0.1, 0.15) is 34.5 Å². The van der Waals surface area contributed by atoms with Gasteiger partial charge in [0.05, 0.1) is 33.6 Å². The Bertz CT molecular complexity index is 2110. The number of rotatable bonds is 8. The van der Waals surface area contributed by atoms with Gasteiger partial charge >= 0.3 is 0 Å². The predicted octanol–water partition coefficient (Wildman–Crippen LogP) is 8.66. The van der Waals surface area contributed by atoms with Crippen LogP contribution < -0.4 is 24.0 Å². The van der Waals surface area contributed by atoms with Gasteiger partial charge in [0, 0.05) is 0 Å². The molecule has 2 heterocycles. The number of amides is 4. The standard InChI is InChI=1S/C40H24N2O7/c43-37-33-21-19-31(23-35(33)39(45)41(37)25-11-15-29(16-12-25)47-27-7-3-1-4-8-27)49-32-20-22-34-36(24-32)40(46)42(38(34)44)26-13-17-30(18-14-26)48-28-9-5-2-6-10-28/h1-24H. The first-order valence-electron chi connectivity index (χ1n) is 15.3. The summed E-state index contributed by atoms with van der Waals surface area (Å²) in [7, 11) is 0. The monoisotopic (exact) mass is 644 g/mol. The van der Waals surface area contributed by atoms with Crippen LogP contribution in [0.25, 0.3) is 0 Å². The van der Waals surface area contributed by atoms with E-state index in [1.165, 1.54) is 24.3 Å². The van der Waals surface area contributed by atoms with Gasteiger partial charge in [0.15, 0.2) is 0 Å². The van der Waals surface area contributed by atoms with Crippen molar-refractivity contribution < 1.29 is 33.4 Å². The molecule has 0 saturated carbocycles. The number of hydrogen-bond acceptors (Lipinski definition) is 7. The lowest BCUT2D eigenvalue weighted by atomic mass is 10.1. The molecule has 6 aromatic carbocycles. The molecular weight excluding hydrogens is 620 g/mol. The zero-order valence-corrected chi connectivity index (χ0v) is 25.6. The molecule has 0 saturated heterocycles. The topological polar surface area (TPSA) is 102 Å². The second-order valence-corrected chi connectivity index (χ2v) is 11.2. The van der Waals surface area contributed by atoms with Crippen LogP contribution in [-0.2, 0) is 0 Å². The number of hydrogen-bond donors (Lipinski definition) is 0. The van der Waals surface area contributed by atoms with Crippen LogP contribution in [0.4, 0.5) is 11.4 Å². The van der Waals surface area contributed by atoms with Crippen LogP contribution in [0.5, 0.6) is 34.5 Å². The number of para-hydroxylation sites is 2. The van der Waals surface area contributed by atoms with Crippen LogP contribution in [0.15, 0.2) is 146 Å². The van der Waals surface area contributed by atoms with E-state index in [4.69, 9.17) is 14.2 Å². The predicted molar refractivity (Wildman–Crippen MR) is 181 cm³/mol. The lowest BCUT2D eigenvalue weighted by molar-refractivity contribution is 0.0910. The van der Waals surface area contributed by atoms with Crippen molar-refractivity contribution in [3.05, 3.63) is 168 Å². The summed E-state index contributed by atoms with van der Waals surface area (Å²) in [6, 6.07) is 41.1. The van der Waals surface area contributed by atoms with Gasteiger partial charge in [-0.25, -0.2) is 9.80 Å². The first-order chi connectivity index (χ1) is 23.9. The van der Waals surface area contributed by atoms with Gasteiger partial charge in [0.2, 0.25) is 0 Å². The molecule has 2 aliphatic heterocycles. The molecule has 0 bridgehead atoms. The highest BCUT2D eigenvalue weighted by Gasteiger charge is 2.38. The molecule has 0 aliphatic carbocycles. The Hall–Kier alpha value is -7.00. The molecule has 236 valence electrons. The van der Waals surface area contributed by atoms with Crippen molar-refractivity contribution >= 4 is 35.0 Å². The molecule has 8 rings (SSSR count). The molecule has 4 amide bonds. The molecule has 9 heteroatoms. The fourth-order valence-electron chi connectivity index (χ4n) is 5.75. The fraction of sp³-hybridized carbons (Fsp3) is 0. The molecule has 0 radical (unpaired) electrons. The van der Waals surface area contributed by atoms with E-state index in [1.54, 1.807) is 60.7 Å². The lowest BCUT2D eigenvalue weighted by Gasteiger charge is -2.14. The Morgan fingerprint density at radius 3 is 1.00 bits per heavy atom. The average molecular weight is 645 g/mol. The summed E-state index contributed by atoms with van der Waals surface area (Å²) in [6.07, 6.45) is 0. The molecule has 0 spiro atoms. The minimum Gasteiger partial charge on any atom is -0.457 e. The maximum Gasteiger partial charge on any atom is 0.266 e. The van der Waals surface area contributed by atoms with E-state index < -0.39 is 23.6 Å². The third-order valence-electron chi connectivity index (χ3n) is 8.10. The number of benzene rings is 6. The highest BCUT2D eigenvalue weighted by molar-refractivity contribution is 6.35. The average Bonchev–Trinajstić information content (AvgIpc) is 3.53. The molecule has 0 atom stereocenters. The first-order valence-corrected chi connectivity index (χ1v) is 15.3. The van der Waals surface area contributed by atoms with Crippen molar-refractivity contribution in [2.45, 2.75) is 0 Å². The van der Waals surface area contributed by atoms with Gasteiger partial charge in [0.25, 0.3) is 23.6 Å². The second kappa shape index (κ2) is 12.0. The molecule has 0 N–H and O–H groups in total. The lowest BCUT2D eigenvalue weighted by Crippen LogP contribution is -2.29. The Balaban J connectivity index is 0.973. The van der Waals surface area contributed by atoms with Crippen LogP contribution in [0.2, 0.25) is 0 Å². The van der Waals surface area contributed by atoms with E-state index >= 15 is 0 Å². The number of ether oxygens (including phenoxy) is 3. The summed E-state index contributed by atoms with van der Waals surface area (Å²) in [5.74, 6) is 1.14. The Morgan fingerprint density at radius 2 is 0.612 bits per heavy atom. The van der Waals surface area contributed by atoms with Crippen molar-refractivity contribution in [2.75, 3.05) is 9.80 Å². The molecule has 49 heavy (non-hydrogen) atoms. The second-order valence-electron chi connectivity index (χ2n) is 11.2. The van der Waals surface area contributed by atoms with Crippen LogP contribution >= 0.6 is 0 Å². The molecular formula is C40H24N2O7. The number of fused-ring (bicyclic) bond motifs is 2. The summed E-state index contributed by atoms with van der Waals surface area (Å²) in [5.41, 5.74) is 1.66. The maximum atomic E-state index is 13.4. The van der Waals surface area contributed by atoms with Crippen LogP contribution in [0.1, 0.15) is 41.4 Å². The minimum atomic E-state index is -0.493. The summed E-state index contributed by atoms with van der Waals surface area (Å²) in [5, 5.41) is 0. The highest BCUT2D eigenvalue weighted by Crippen LogP contribution is 2.36. The van der Waals surface area contributed by atoms with Crippen molar-refractivity contribution in [2.24, 2.45) is 0 Å². The molecule has 0 unspecified atom stereocenters. The van der Waals surface area contributed by atoms with Crippen molar-refractivity contribution in [3.63, 3.8) is 0 Å². The number of anilines is 2. The zero-order valence-electron chi connectivity index (χ0n) is 25.6. The fourth-order valence-corrected chi connectivity index (χ4v) is 5.75. The third-order valence-corrected chi connectivity index (χ3v) is 8.10. The minimum absolute atomic E-state index is 0.186. The molecule has 0 fully saturated rings. The molecule has 9 nitrogen and oxygen atoms in total. The largest absolute Gasteiger partial charge is 0.457 e. The SMILES string of the molecule is O=C1c2ccc(Oc3ccc4c(c3)C(=O)N(c3ccc(Oc5ccccc5)cc3)C4=O)cc2C(=O)N1c1ccc(Oc2ccccc2)cc1. The summed E-state index contributed by atoms with van der Waals surface area (Å²) in [6.45, 7) is 0. The Morgan fingerprint density at radius 1 is 0.306 bits per heavy atom. The Labute approximate surface area is 280 Å². The van der Waals surface area contributed by atoms with Crippen LogP contribution in [0, 0.1) is 0 Å². The van der Waals surface area contributed by atoms with Gasteiger partial charge < -0.3 is 14.2 Å². The quantitative estimate of drug-likeness (QED) is 0.153. The first kappa shape index (κ1) is 29.4. The summed E-state index contributed by atoms with van der Waals surface area (Å²) < 4.78 is 17.7. The highest BCUT2D eigenvalue weighted by atomic mass is 16.5. The third kappa shape index (κ3) is 5.45. The van der Waals surface area contributed by atoms with Crippen molar-refractivity contribution in [1.82, 2.24) is 0 Å². The molecule has 6 aromatic rings. The number of carbonyl (C=O) groups is 4. The maximum absolute atomic E-state index is 13.4. The molecule has 2 aliphatic rings. The van der Waals surface area contributed by atoms with Gasteiger partial charge in [-0.2, -0.15) is 0 Å². The summed E-state index contributed by atoms with van der Waals surface area (Å²) >= 11 is 0. The van der Waals surface area contributed by atoms with E-state index in [0.29, 0.717) is 34.4 Å². The van der Waals surface area contributed by atoms with E-state index in [0.717, 1.165) is 9.80 Å². The Kier molecular flexibility index (Phi) is 7.19. The zero-order chi connectivity index (χ0) is 33.5. The normalized spacial score (nSPS) is 13.4. The number of imide groups is 2.